The lowest BCUT2D eigenvalue weighted by atomic mass is 10.0. The van der Waals surface area contributed by atoms with Crippen LogP contribution in [0.2, 0.25) is 0 Å². The number of hydrogen-bond acceptors (Lipinski definition) is 3. The maximum Gasteiger partial charge on any atom is 0.239 e. The third-order valence-corrected chi connectivity index (χ3v) is 4.87. The van der Waals surface area contributed by atoms with Crippen LogP contribution < -0.4 is 10.6 Å². The van der Waals surface area contributed by atoms with E-state index in [1.165, 1.54) is 0 Å². The number of halogens is 1. The number of rotatable bonds is 2. The maximum atomic E-state index is 12.7. The fourth-order valence-electron chi connectivity index (χ4n) is 3.61. The van der Waals surface area contributed by atoms with Crippen LogP contribution in [0.25, 0.3) is 0 Å². The first-order valence-corrected chi connectivity index (χ1v) is 8.40. The van der Waals surface area contributed by atoms with Crippen molar-refractivity contribution in [1.29, 1.82) is 0 Å². The molecule has 1 aromatic rings. The molecule has 2 fully saturated rings. The molecule has 1 atom stereocenters. The van der Waals surface area contributed by atoms with Gasteiger partial charge in [-0.25, -0.2) is 0 Å². The number of nitrogens with two attached hydrogens (primary N) is 1. The summed E-state index contributed by atoms with van der Waals surface area (Å²) in [7, 11) is 0. The van der Waals surface area contributed by atoms with Crippen molar-refractivity contribution in [3.63, 3.8) is 0 Å². The van der Waals surface area contributed by atoms with E-state index in [0.29, 0.717) is 26.1 Å². The highest BCUT2D eigenvalue weighted by Gasteiger charge is 2.40. The topological polar surface area (TPSA) is 66.6 Å². The molecule has 0 aromatic heterocycles. The number of benzene rings is 1. The van der Waals surface area contributed by atoms with E-state index in [9.17, 15) is 9.59 Å². The van der Waals surface area contributed by atoms with Gasteiger partial charge in [0.25, 0.3) is 0 Å². The molecule has 132 valence electrons. The van der Waals surface area contributed by atoms with Crippen molar-refractivity contribution < 1.29 is 9.59 Å². The first kappa shape index (κ1) is 18.7. The molecule has 1 unspecified atom stereocenters. The van der Waals surface area contributed by atoms with Gasteiger partial charge in [0.05, 0.1) is 0 Å². The molecule has 2 N–H and O–H groups in total. The molecule has 0 radical (unpaired) electrons. The molecule has 2 aliphatic rings. The quantitative estimate of drug-likeness (QED) is 0.829. The Balaban J connectivity index is 0.00000208. The lowest BCUT2D eigenvalue weighted by Crippen LogP contribution is -2.46. The second kappa shape index (κ2) is 7.53. The molecular weight excluding hydrogens is 326 g/mol. The van der Waals surface area contributed by atoms with Crippen molar-refractivity contribution in [1.82, 2.24) is 4.90 Å². The summed E-state index contributed by atoms with van der Waals surface area (Å²) < 4.78 is 0. The van der Waals surface area contributed by atoms with E-state index >= 15 is 0 Å². The molecule has 0 saturated carbocycles. The first-order valence-electron chi connectivity index (χ1n) is 8.40. The van der Waals surface area contributed by atoms with E-state index < -0.39 is 5.92 Å². The smallest absolute Gasteiger partial charge is 0.239 e. The Bertz CT molecular complexity index is 606. The molecule has 2 amide bonds. The SMILES string of the molecule is Cc1cc(C)cc(N2CCC(C(=O)N3CCC(N)CC3)C2=O)c1.Cl. The van der Waals surface area contributed by atoms with Gasteiger partial charge in [-0.3, -0.25) is 9.59 Å². The van der Waals surface area contributed by atoms with E-state index in [1.54, 1.807) is 4.90 Å². The Kier molecular flexibility index (Phi) is 5.88. The molecule has 6 heteroatoms. The first-order chi connectivity index (χ1) is 11.0. The van der Waals surface area contributed by atoms with Crippen LogP contribution in [0.3, 0.4) is 0 Å². The van der Waals surface area contributed by atoms with Gasteiger partial charge in [-0.1, -0.05) is 6.07 Å². The van der Waals surface area contributed by atoms with Crippen molar-refractivity contribution in [2.75, 3.05) is 24.5 Å². The minimum atomic E-state index is -0.523. The number of piperidine rings is 1. The molecular formula is C18H26ClN3O2. The van der Waals surface area contributed by atoms with Gasteiger partial charge in [-0.05, 0) is 56.4 Å². The Morgan fingerprint density at radius 1 is 1.04 bits per heavy atom. The summed E-state index contributed by atoms with van der Waals surface area (Å²) in [4.78, 5) is 29.0. The summed E-state index contributed by atoms with van der Waals surface area (Å²) in [5.41, 5.74) is 9.06. The fraction of sp³-hybridized carbons (Fsp3) is 0.556. The Morgan fingerprint density at radius 3 is 2.21 bits per heavy atom. The van der Waals surface area contributed by atoms with Crippen LogP contribution in [-0.4, -0.2) is 42.4 Å². The van der Waals surface area contributed by atoms with Crippen molar-refractivity contribution in [2.24, 2.45) is 11.7 Å². The Labute approximate surface area is 149 Å². The molecule has 0 bridgehead atoms. The fourth-order valence-corrected chi connectivity index (χ4v) is 3.61. The highest BCUT2D eigenvalue weighted by Crippen LogP contribution is 2.28. The summed E-state index contributed by atoms with van der Waals surface area (Å²) in [5.74, 6) is -0.603. The number of aryl methyl sites for hydroxylation is 2. The minimum absolute atomic E-state index is 0. The summed E-state index contributed by atoms with van der Waals surface area (Å²) in [6.45, 7) is 6.01. The van der Waals surface area contributed by atoms with Gasteiger partial charge >= 0.3 is 0 Å². The minimum Gasteiger partial charge on any atom is -0.342 e. The van der Waals surface area contributed by atoms with E-state index in [0.717, 1.165) is 29.7 Å². The Hall–Kier alpha value is -1.59. The summed E-state index contributed by atoms with van der Waals surface area (Å²) in [5, 5.41) is 0. The van der Waals surface area contributed by atoms with Crippen LogP contribution in [0.15, 0.2) is 18.2 Å². The highest BCUT2D eigenvalue weighted by atomic mass is 35.5. The zero-order valence-electron chi connectivity index (χ0n) is 14.3. The average Bonchev–Trinajstić information content (AvgIpc) is 2.88. The molecule has 2 aliphatic heterocycles. The number of carbonyl (C=O) groups is 2. The van der Waals surface area contributed by atoms with Gasteiger partial charge in [0.2, 0.25) is 11.8 Å². The van der Waals surface area contributed by atoms with Gasteiger partial charge in [-0.15, -0.1) is 12.4 Å². The van der Waals surface area contributed by atoms with Gasteiger partial charge in [0.15, 0.2) is 0 Å². The van der Waals surface area contributed by atoms with Crippen molar-refractivity contribution in [3.8, 4) is 0 Å². The van der Waals surface area contributed by atoms with Crippen LogP contribution >= 0.6 is 12.4 Å². The molecule has 5 nitrogen and oxygen atoms in total. The predicted octanol–water partition coefficient (Wildman–Crippen LogP) is 2.03. The molecule has 0 aliphatic carbocycles. The number of hydrogen-bond donors (Lipinski definition) is 1. The monoisotopic (exact) mass is 351 g/mol. The normalized spacial score (nSPS) is 21.8. The van der Waals surface area contributed by atoms with E-state index in [1.807, 2.05) is 30.9 Å². The van der Waals surface area contributed by atoms with Gasteiger partial charge in [0.1, 0.15) is 5.92 Å². The largest absolute Gasteiger partial charge is 0.342 e. The second-order valence-electron chi connectivity index (χ2n) is 6.84. The van der Waals surface area contributed by atoms with Crippen LogP contribution in [0.1, 0.15) is 30.4 Å². The number of likely N-dealkylation sites (tertiary alicyclic amines) is 1. The standard InChI is InChI=1S/C18H25N3O2.ClH/c1-12-9-13(2)11-15(10-12)21-8-5-16(18(21)23)17(22)20-6-3-14(19)4-7-20;/h9-11,14,16H,3-8,19H2,1-2H3;1H. The number of anilines is 1. The van der Waals surface area contributed by atoms with E-state index in [4.69, 9.17) is 5.73 Å². The predicted molar refractivity (Wildman–Crippen MR) is 97.4 cm³/mol. The molecule has 24 heavy (non-hydrogen) atoms. The number of amides is 2. The van der Waals surface area contributed by atoms with Crippen LogP contribution in [-0.2, 0) is 9.59 Å². The van der Waals surface area contributed by atoms with Gasteiger partial charge in [-0.2, -0.15) is 0 Å². The maximum absolute atomic E-state index is 12.7. The Morgan fingerprint density at radius 2 is 1.62 bits per heavy atom. The zero-order valence-corrected chi connectivity index (χ0v) is 15.1. The van der Waals surface area contributed by atoms with Crippen molar-refractivity contribution in [2.45, 2.75) is 39.2 Å². The average molecular weight is 352 g/mol. The molecule has 3 rings (SSSR count). The van der Waals surface area contributed by atoms with Gasteiger partial charge in [0, 0.05) is 31.4 Å². The molecule has 2 saturated heterocycles. The summed E-state index contributed by atoms with van der Waals surface area (Å²) in [6, 6.07) is 6.30. The zero-order chi connectivity index (χ0) is 16.6. The van der Waals surface area contributed by atoms with Crippen LogP contribution in [0.5, 0.6) is 0 Å². The van der Waals surface area contributed by atoms with Crippen LogP contribution in [0, 0.1) is 19.8 Å². The summed E-state index contributed by atoms with van der Waals surface area (Å²) >= 11 is 0. The second-order valence-corrected chi connectivity index (χ2v) is 6.84. The van der Waals surface area contributed by atoms with E-state index in [-0.39, 0.29) is 30.3 Å². The summed E-state index contributed by atoms with van der Waals surface area (Å²) in [6.07, 6.45) is 2.26. The lowest BCUT2D eigenvalue weighted by Gasteiger charge is -2.31. The van der Waals surface area contributed by atoms with Gasteiger partial charge < -0.3 is 15.5 Å². The van der Waals surface area contributed by atoms with Crippen molar-refractivity contribution in [3.05, 3.63) is 29.3 Å². The number of carbonyl (C=O) groups excluding carboxylic acids is 2. The van der Waals surface area contributed by atoms with Crippen molar-refractivity contribution >= 4 is 29.9 Å². The molecule has 0 spiro atoms. The third kappa shape index (κ3) is 3.73. The lowest BCUT2D eigenvalue weighted by molar-refractivity contribution is -0.140. The number of nitrogens with zero attached hydrogens (tertiary/aromatic N) is 2. The molecule has 1 aromatic carbocycles. The van der Waals surface area contributed by atoms with Crippen LogP contribution in [0.4, 0.5) is 5.69 Å². The molecule has 2 heterocycles. The third-order valence-electron chi connectivity index (χ3n) is 4.87. The highest BCUT2D eigenvalue weighted by molar-refractivity contribution is 6.09. The van der Waals surface area contributed by atoms with E-state index in [2.05, 4.69) is 6.07 Å².